The minimum atomic E-state index is -0.183. The SMILES string of the molecule is COc1ccc(C=CC(=O)Nc2cccc3ncccc23)cc1. The molecule has 0 saturated carbocycles. The van der Waals surface area contributed by atoms with Gasteiger partial charge in [0.1, 0.15) is 5.75 Å². The maximum absolute atomic E-state index is 12.1. The first-order chi connectivity index (χ1) is 11.3. The monoisotopic (exact) mass is 304 g/mol. The van der Waals surface area contributed by atoms with Crippen LogP contribution in [0.25, 0.3) is 17.0 Å². The van der Waals surface area contributed by atoms with Crippen molar-refractivity contribution >= 4 is 28.6 Å². The number of ether oxygens (including phenoxy) is 1. The molecule has 0 fully saturated rings. The van der Waals surface area contributed by atoms with E-state index in [2.05, 4.69) is 10.3 Å². The summed E-state index contributed by atoms with van der Waals surface area (Å²) in [5.74, 6) is 0.604. The zero-order valence-electron chi connectivity index (χ0n) is 12.7. The third-order valence-electron chi connectivity index (χ3n) is 3.45. The van der Waals surface area contributed by atoms with Gasteiger partial charge in [-0.3, -0.25) is 9.78 Å². The molecule has 0 aliphatic heterocycles. The lowest BCUT2D eigenvalue weighted by atomic mass is 10.1. The molecule has 23 heavy (non-hydrogen) atoms. The van der Waals surface area contributed by atoms with Crippen molar-refractivity contribution in [1.82, 2.24) is 4.98 Å². The Kier molecular flexibility index (Phi) is 4.34. The van der Waals surface area contributed by atoms with Gasteiger partial charge >= 0.3 is 0 Å². The highest BCUT2D eigenvalue weighted by atomic mass is 16.5. The van der Waals surface area contributed by atoms with Crippen molar-refractivity contribution in [1.29, 1.82) is 0 Å². The van der Waals surface area contributed by atoms with E-state index in [4.69, 9.17) is 4.74 Å². The predicted octanol–water partition coefficient (Wildman–Crippen LogP) is 3.90. The summed E-state index contributed by atoms with van der Waals surface area (Å²) in [5, 5.41) is 3.81. The zero-order chi connectivity index (χ0) is 16.1. The number of hydrogen-bond donors (Lipinski definition) is 1. The molecule has 0 aliphatic rings. The third-order valence-corrected chi connectivity index (χ3v) is 3.45. The van der Waals surface area contributed by atoms with Crippen molar-refractivity contribution in [3.05, 3.63) is 72.4 Å². The number of anilines is 1. The summed E-state index contributed by atoms with van der Waals surface area (Å²) >= 11 is 0. The summed E-state index contributed by atoms with van der Waals surface area (Å²) in [6, 6.07) is 16.9. The molecule has 3 aromatic rings. The molecule has 114 valence electrons. The highest BCUT2D eigenvalue weighted by Crippen LogP contribution is 2.21. The fourth-order valence-corrected chi connectivity index (χ4v) is 2.27. The lowest BCUT2D eigenvalue weighted by Gasteiger charge is -2.06. The molecule has 0 saturated heterocycles. The first-order valence-electron chi connectivity index (χ1n) is 7.23. The topological polar surface area (TPSA) is 51.2 Å². The first kappa shape index (κ1) is 14.8. The first-order valence-corrected chi connectivity index (χ1v) is 7.23. The Morgan fingerprint density at radius 2 is 1.91 bits per heavy atom. The number of carbonyl (C=O) groups is 1. The molecule has 1 aromatic heterocycles. The maximum atomic E-state index is 12.1. The van der Waals surface area contributed by atoms with Crippen LogP contribution in [0.1, 0.15) is 5.56 Å². The summed E-state index contributed by atoms with van der Waals surface area (Å²) < 4.78 is 5.11. The second kappa shape index (κ2) is 6.75. The van der Waals surface area contributed by atoms with Crippen LogP contribution in [-0.4, -0.2) is 18.0 Å². The molecular formula is C19H16N2O2. The van der Waals surface area contributed by atoms with E-state index >= 15 is 0 Å². The minimum absolute atomic E-state index is 0.183. The summed E-state index contributed by atoms with van der Waals surface area (Å²) in [4.78, 5) is 16.4. The van der Waals surface area contributed by atoms with E-state index in [0.29, 0.717) is 0 Å². The number of hydrogen-bond acceptors (Lipinski definition) is 3. The standard InChI is InChI=1S/C19H16N2O2/c1-23-15-10-7-14(8-11-15)9-12-19(22)21-18-6-2-5-17-16(18)4-3-13-20-17/h2-13H,1H3,(H,21,22). The largest absolute Gasteiger partial charge is 0.497 e. The Labute approximate surface area is 134 Å². The molecule has 0 bridgehead atoms. The van der Waals surface area contributed by atoms with Crippen LogP contribution in [0.15, 0.2) is 66.9 Å². The Balaban J connectivity index is 1.74. The molecule has 1 heterocycles. The number of carbonyl (C=O) groups excluding carboxylic acids is 1. The molecular weight excluding hydrogens is 288 g/mol. The number of methoxy groups -OCH3 is 1. The van der Waals surface area contributed by atoms with Crippen molar-refractivity contribution in [2.45, 2.75) is 0 Å². The molecule has 0 spiro atoms. The number of pyridine rings is 1. The van der Waals surface area contributed by atoms with Gasteiger partial charge in [-0.05, 0) is 48.0 Å². The van der Waals surface area contributed by atoms with E-state index in [1.807, 2.05) is 54.6 Å². The Morgan fingerprint density at radius 1 is 1.09 bits per heavy atom. The van der Waals surface area contributed by atoms with Crippen molar-refractivity contribution in [3.63, 3.8) is 0 Å². The molecule has 4 nitrogen and oxygen atoms in total. The van der Waals surface area contributed by atoms with Crippen LogP contribution in [0.2, 0.25) is 0 Å². The van der Waals surface area contributed by atoms with Gasteiger partial charge in [0, 0.05) is 17.7 Å². The molecule has 4 heteroatoms. The molecule has 1 N–H and O–H groups in total. The highest BCUT2D eigenvalue weighted by Gasteiger charge is 2.03. The van der Waals surface area contributed by atoms with E-state index in [9.17, 15) is 4.79 Å². The summed E-state index contributed by atoms with van der Waals surface area (Å²) in [7, 11) is 1.62. The smallest absolute Gasteiger partial charge is 0.248 e. The predicted molar refractivity (Wildman–Crippen MR) is 92.4 cm³/mol. The van der Waals surface area contributed by atoms with Gasteiger partial charge in [0.2, 0.25) is 5.91 Å². The second-order valence-electron chi connectivity index (χ2n) is 4.97. The number of fused-ring (bicyclic) bond motifs is 1. The summed E-state index contributed by atoms with van der Waals surface area (Å²) in [6.45, 7) is 0. The number of nitrogens with zero attached hydrogens (tertiary/aromatic N) is 1. The number of nitrogens with one attached hydrogen (secondary N) is 1. The van der Waals surface area contributed by atoms with Crippen LogP contribution in [0.5, 0.6) is 5.75 Å². The number of benzene rings is 2. The molecule has 0 atom stereocenters. The van der Waals surface area contributed by atoms with Crippen LogP contribution in [0.4, 0.5) is 5.69 Å². The van der Waals surface area contributed by atoms with Crippen molar-refractivity contribution < 1.29 is 9.53 Å². The molecule has 2 aromatic carbocycles. The fraction of sp³-hybridized carbons (Fsp3) is 0.0526. The van der Waals surface area contributed by atoms with Crippen LogP contribution in [0, 0.1) is 0 Å². The Hall–Kier alpha value is -3.14. The van der Waals surface area contributed by atoms with Crippen LogP contribution in [0.3, 0.4) is 0 Å². The number of aromatic nitrogens is 1. The van der Waals surface area contributed by atoms with E-state index in [0.717, 1.165) is 27.9 Å². The second-order valence-corrected chi connectivity index (χ2v) is 4.97. The molecule has 0 unspecified atom stereocenters. The quantitative estimate of drug-likeness (QED) is 0.744. The van der Waals surface area contributed by atoms with Gasteiger partial charge in [0.25, 0.3) is 0 Å². The van der Waals surface area contributed by atoms with E-state index in [1.54, 1.807) is 19.4 Å². The summed E-state index contributed by atoms with van der Waals surface area (Å²) in [5.41, 5.74) is 2.53. The lowest BCUT2D eigenvalue weighted by molar-refractivity contribution is -0.111. The van der Waals surface area contributed by atoms with Gasteiger partial charge in [0.15, 0.2) is 0 Å². The number of amides is 1. The fourth-order valence-electron chi connectivity index (χ4n) is 2.27. The Bertz CT molecular complexity index is 849. The van der Waals surface area contributed by atoms with Crippen LogP contribution < -0.4 is 10.1 Å². The Morgan fingerprint density at radius 3 is 2.70 bits per heavy atom. The van der Waals surface area contributed by atoms with Gasteiger partial charge in [-0.15, -0.1) is 0 Å². The van der Waals surface area contributed by atoms with Crippen molar-refractivity contribution in [2.75, 3.05) is 12.4 Å². The van der Waals surface area contributed by atoms with Crippen molar-refractivity contribution in [2.24, 2.45) is 0 Å². The lowest BCUT2D eigenvalue weighted by Crippen LogP contribution is -2.08. The summed E-state index contributed by atoms with van der Waals surface area (Å²) in [6.07, 6.45) is 5.01. The van der Waals surface area contributed by atoms with Gasteiger partial charge in [-0.25, -0.2) is 0 Å². The van der Waals surface area contributed by atoms with Crippen LogP contribution in [-0.2, 0) is 4.79 Å². The van der Waals surface area contributed by atoms with Gasteiger partial charge in [-0.2, -0.15) is 0 Å². The minimum Gasteiger partial charge on any atom is -0.497 e. The van der Waals surface area contributed by atoms with Crippen LogP contribution >= 0.6 is 0 Å². The highest BCUT2D eigenvalue weighted by molar-refractivity contribution is 6.06. The number of rotatable bonds is 4. The van der Waals surface area contributed by atoms with Gasteiger partial charge in [-0.1, -0.05) is 18.2 Å². The maximum Gasteiger partial charge on any atom is 0.248 e. The van der Waals surface area contributed by atoms with Gasteiger partial charge < -0.3 is 10.1 Å². The average Bonchev–Trinajstić information content (AvgIpc) is 2.61. The molecule has 3 rings (SSSR count). The molecule has 1 amide bonds. The average molecular weight is 304 g/mol. The molecule has 0 aliphatic carbocycles. The van der Waals surface area contributed by atoms with Gasteiger partial charge in [0.05, 0.1) is 18.3 Å². The zero-order valence-corrected chi connectivity index (χ0v) is 12.7. The van der Waals surface area contributed by atoms with Crippen molar-refractivity contribution in [3.8, 4) is 5.75 Å². The van der Waals surface area contributed by atoms with E-state index < -0.39 is 0 Å². The normalized spacial score (nSPS) is 10.8. The van der Waals surface area contributed by atoms with E-state index in [-0.39, 0.29) is 5.91 Å². The third kappa shape index (κ3) is 3.55. The van der Waals surface area contributed by atoms with E-state index in [1.165, 1.54) is 6.08 Å². The molecule has 0 radical (unpaired) electrons.